The van der Waals surface area contributed by atoms with Crippen molar-refractivity contribution in [1.82, 2.24) is 5.32 Å². The minimum absolute atomic E-state index is 0.0456. The van der Waals surface area contributed by atoms with Crippen LogP contribution in [0.4, 0.5) is 5.69 Å². The van der Waals surface area contributed by atoms with Crippen LogP contribution in [0.15, 0.2) is 18.2 Å². The van der Waals surface area contributed by atoms with Gasteiger partial charge in [0.2, 0.25) is 0 Å². The zero-order chi connectivity index (χ0) is 15.4. The largest absolute Gasteiger partial charge is 0.393 e. The van der Waals surface area contributed by atoms with Crippen molar-refractivity contribution in [2.45, 2.75) is 38.7 Å². The maximum Gasteiger partial charge on any atom is 0.273 e. The molecule has 114 valence electrons. The second-order valence-corrected chi connectivity index (χ2v) is 5.65. The van der Waals surface area contributed by atoms with E-state index in [4.69, 9.17) is 0 Å². The Hall–Kier alpha value is -1.95. The number of aryl methyl sites for hydroxylation is 1. The summed E-state index contributed by atoms with van der Waals surface area (Å²) in [6, 6.07) is 4.48. The van der Waals surface area contributed by atoms with Crippen LogP contribution >= 0.6 is 0 Å². The molecule has 0 aliphatic heterocycles. The normalized spacial score (nSPS) is 21.8. The number of aliphatic hydroxyl groups excluding tert-OH is 1. The number of amides is 1. The molecule has 1 aliphatic rings. The highest BCUT2D eigenvalue weighted by molar-refractivity contribution is 5.94. The first-order chi connectivity index (χ1) is 9.97. The molecule has 2 atom stereocenters. The first-order valence-corrected chi connectivity index (χ1v) is 7.18. The summed E-state index contributed by atoms with van der Waals surface area (Å²) in [5.41, 5.74) is 0.784. The fourth-order valence-electron chi connectivity index (χ4n) is 2.73. The van der Waals surface area contributed by atoms with E-state index in [1.165, 1.54) is 6.07 Å². The Labute approximate surface area is 123 Å². The topological polar surface area (TPSA) is 92.5 Å². The molecular formula is C15H20N2O4. The number of nitro groups is 1. The van der Waals surface area contributed by atoms with Crippen molar-refractivity contribution in [2.75, 3.05) is 6.54 Å². The molecule has 2 rings (SSSR count). The molecule has 1 aromatic rings. The summed E-state index contributed by atoms with van der Waals surface area (Å²) < 4.78 is 0. The van der Waals surface area contributed by atoms with E-state index in [0.29, 0.717) is 24.1 Å². The van der Waals surface area contributed by atoms with Gasteiger partial charge in [0.05, 0.1) is 11.0 Å². The average molecular weight is 292 g/mol. The third kappa shape index (κ3) is 4.01. The number of aliphatic hydroxyl groups is 1. The van der Waals surface area contributed by atoms with Gasteiger partial charge in [-0.15, -0.1) is 0 Å². The standard InChI is InChI=1S/C15H20N2O4/c1-10-5-6-12(8-14(10)17(20)21)15(19)16-9-11-3-2-4-13(18)7-11/h5-6,8,11,13,18H,2-4,7,9H2,1H3,(H,16,19). The molecule has 1 amide bonds. The van der Waals surface area contributed by atoms with Crippen LogP contribution in [0.5, 0.6) is 0 Å². The van der Waals surface area contributed by atoms with E-state index >= 15 is 0 Å². The van der Waals surface area contributed by atoms with Crippen LogP contribution in [-0.2, 0) is 0 Å². The van der Waals surface area contributed by atoms with Gasteiger partial charge in [-0.1, -0.05) is 12.5 Å². The maximum atomic E-state index is 12.1. The lowest BCUT2D eigenvalue weighted by molar-refractivity contribution is -0.385. The highest BCUT2D eigenvalue weighted by Gasteiger charge is 2.21. The molecule has 1 aromatic carbocycles. The number of hydrogen-bond acceptors (Lipinski definition) is 4. The summed E-state index contributed by atoms with van der Waals surface area (Å²) >= 11 is 0. The Morgan fingerprint density at radius 2 is 2.24 bits per heavy atom. The third-order valence-corrected chi connectivity index (χ3v) is 3.97. The zero-order valence-corrected chi connectivity index (χ0v) is 12.0. The van der Waals surface area contributed by atoms with E-state index in [2.05, 4.69) is 5.32 Å². The van der Waals surface area contributed by atoms with Crippen molar-refractivity contribution in [2.24, 2.45) is 5.92 Å². The van der Waals surface area contributed by atoms with Crippen LogP contribution in [-0.4, -0.2) is 28.6 Å². The monoisotopic (exact) mass is 292 g/mol. The number of nitro benzene ring substituents is 1. The third-order valence-electron chi connectivity index (χ3n) is 3.97. The van der Waals surface area contributed by atoms with Gasteiger partial charge >= 0.3 is 0 Å². The van der Waals surface area contributed by atoms with Crippen molar-refractivity contribution in [3.05, 3.63) is 39.4 Å². The minimum Gasteiger partial charge on any atom is -0.393 e. The molecule has 0 saturated heterocycles. The Kier molecular flexibility index (Phi) is 4.90. The Balaban J connectivity index is 1.97. The van der Waals surface area contributed by atoms with Gasteiger partial charge in [-0.05, 0) is 38.2 Å². The molecule has 1 saturated carbocycles. The number of hydrogen-bond donors (Lipinski definition) is 2. The van der Waals surface area contributed by atoms with Crippen LogP contribution in [0.1, 0.15) is 41.6 Å². The molecular weight excluding hydrogens is 272 g/mol. The van der Waals surface area contributed by atoms with E-state index in [1.807, 2.05) is 0 Å². The number of carbonyl (C=O) groups excluding carboxylic acids is 1. The molecule has 0 bridgehead atoms. The molecule has 6 nitrogen and oxygen atoms in total. The lowest BCUT2D eigenvalue weighted by atomic mass is 9.87. The van der Waals surface area contributed by atoms with Crippen LogP contribution < -0.4 is 5.32 Å². The lowest BCUT2D eigenvalue weighted by Gasteiger charge is -2.25. The van der Waals surface area contributed by atoms with Gasteiger partial charge in [0, 0.05) is 23.7 Å². The minimum atomic E-state index is -0.483. The quantitative estimate of drug-likeness (QED) is 0.657. The van der Waals surface area contributed by atoms with Gasteiger partial charge in [-0.25, -0.2) is 0 Å². The highest BCUT2D eigenvalue weighted by Crippen LogP contribution is 2.24. The van der Waals surface area contributed by atoms with Gasteiger partial charge in [-0.2, -0.15) is 0 Å². The van der Waals surface area contributed by atoms with Crippen LogP contribution in [0.3, 0.4) is 0 Å². The number of nitrogens with one attached hydrogen (secondary N) is 1. The van der Waals surface area contributed by atoms with Crippen molar-refractivity contribution in [1.29, 1.82) is 0 Å². The molecule has 0 aromatic heterocycles. The van der Waals surface area contributed by atoms with Gasteiger partial charge in [0.1, 0.15) is 0 Å². The van der Waals surface area contributed by atoms with Crippen molar-refractivity contribution in [3.8, 4) is 0 Å². The molecule has 0 radical (unpaired) electrons. The van der Waals surface area contributed by atoms with E-state index < -0.39 is 4.92 Å². The number of carbonyl (C=O) groups is 1. The number of nitrogens with zero attached hydrogens (tertiary/aromatic N) is 1. The smallest absolute Gasteiger partial charge is 0.273 e. The molecule has 6 heteroatoms. The molecule has 0 heterocycles. The second-order valence-electron chi connectivity index (χ2n) is 5.65. The zero-order valence-electron chi connectivity index (χ0n) is 12.0. The predicted octanol–water partition coefficient (Wildman–Crippen LogP) is 2.18. The molecule has 2 unspecified atom stereocenters. The summed E-state index contributed by atoms with van der Waals surface area (Å²) in [4.78, 5) is 22.5. The summed E-state index contributed by atoms with van der Waals surface area (Å²) in [5.74, 6) is -0.0312. The van der Waals surface area contributed by atoms with Crippen molar-refractivity contribution < 1.29 is 14.8 Å². The van der Waals surface area contributed by atoms with Crippen LogP contribution in [0.25, 0.3) is 0 Å². The van der Waals surface area contributed by atoms with Crippen molar-refractivity contribution >= 4 is 11.6 Å². The molecule has 2 N–H and O–H groups in total. The Morgan fingerprint density at radius 1 is 1.48 bits per heavy atom. The van der Waals surface area contributed by atoms with E-state index in [1.54, 1.807) is 19.1 Å². The van der Waals surface area contributed by atoms with Crippen molar-refractivity contribution in [3.63, 3.8) is 0 Å². The molecule has 1 fully saturated rings. The van der Waals surface area contributed by atoms with Gasteiger partial charge in [0.25, 0.3) is 11.6 Å². The fraction of sp³-hybridized carbons (Fsp3) is 0.533. The van der Waals surface area contributed by atoms with E-state index in [9.17, 15) is 20.0 Å². The first kappa shape index (κ1) is 15.4. The SMILES string of the molecule is Cc1ccc(C(=O)NCC2CCCC(O)C2)cc1[N+](=O)[O-]. The summed E-state index contributed by atoms with van der Waals surface area (Å²) in [6.07, 6.45) is 3.22. The summed E-state index contributed by atoms with van der Waals surface area (Å²) in [7, 11) is 0. The van der Waals surface area contributed by atoms with E-state index in [-0.39, 0.29) is 23.6 Å². The van der Waals surface area contributed by atoms with Gasteiger partial charge < -0.3 is 10.4 Å². The van der Waals surface area contributed by atoms with Gasteiger partial charge in [-0.3, -0.25) is 14.9 Å². The maximum absolute atomic E-state index is 12.1. The molecule has 1 aliphatic carbocycles. The highest BCUT2D eigenvalue weighted by atomic mass is 16.6. The van der Waals surface area contributed by atoms with E-state index in [0.717, 1.165) is 19.3 Å². The average Bonchev–Trinajstić information content (AvgIpc) is 2.45. The molecule has 0 spiro atoms. The van der Waals surface area contributed by atoms with Crippen LogP contribution in [0.2, 0.25) is 0 Å². The second kappa shape index (κ2) is 6.67. The fourth-order valence-corrected chi connectivity index (χ4v) is 2.73. The first-order valence-electron chi connectivity index (χ1n) is 7.18. The molecule has 21 heavy (non-hydrogen) atoms. The predicted molar refractivity (Wildman–Crippen MR) is 78.1 cm³/mol. The summed E-state index contributed by atoms with van der Waals surface area (Å²) in [6.45, 7) is 2.14. The Morgan fingerprint density at radius 3 is 2.90 bits per heavy atom. The Bertz CT molecular complexity index is 544. The van der Waals surface area contributed by atoms with Crippen LogP contribution in [0, 0.1) is 23.0 Å². The number of benzene rings is 1. The number of rotatable bonds is 4. The summed E-state index contributed by atoms with van der Waals surface area (Å²) in [5, 5.41) is 23.3. The lowest BCUT2D eigenvalue weighted by Crippen LogP contribution is -2.33. The van der Waals surface area contributed by atoms with Gasteiger partial charge in [0.15, 0.2) is 0 Å².